The Labute approximate surface area is 115 Å². The van der Waals surface area contributed by atoms with Crippen LogP contribution in [-0.2, 0) is 0 Å². The van der Waals surface area contributed by atoms with Crippen molar-refractivity contribution in [3.05, 3.63) is 58.0 Å². The molecule has 2 rings (SSSR count). The average molecular weight is 286 g/mol. The molecule has 5 heteroatoms. The first-order valence-corrected chi connectivity index (χ1v) is 6.35. The molecule has 1 heterocycles. The number of rotatable bonds is 4. The quantitative estimate of drug-likeness (QED) is 0.910. The Bertz CT molecular complexity index is 583. The zero-order chi connectivity index (χ0) is 14.0. The molecule has 0 fully saturated rings. The van der Waals surface area contributed by atoms with Crippen molar-refractivity contribution < 1.29 is 13.2 Å². The molecule has 1 atom stereocenters. The summed E-state index contributed by atoms with van der Waals surface area (Å²) in [4.78, 5) is 0. The molecule has 0 aliphatic carbocycles. The second kappa shape index (κ2) is 5.72. The lowest BCUT2D eigenvalue weighted by Gasteiger charge is -2.17. The summed E-state index contributed by atoms with van der Waals surface area (Å²) < 4.78 is 32.9. The summed E-state index contributed by atoms with van der Waals surface area (Å²) >= 11 is 5.73. The lowest BCUT2D eigenvalue weighted by molar-refractivity contribution is 0.440. The first-order valence-electron chi connectivity index (χ1n) is 5.97. The second-order valence-electron chi connectivity index (χ2n) is 4.26. The van der Waals surface area contributed by atoms with Gasteiger partial charge in [-0.1, -0.05) is 6.92 Å². The highest BCUT2D eigenvalue weighted by molar-refractivity contribution is 6.28. The molecule has 19 heavy (non-hydrogen) atoms. The molecule has 0 aliphatic rings. The maximum atomic E-state index is 14.0. The fraction of sp³-hybridized carbons (Fsp3) is 0.286. The number of benzene rings is 1. The Kier molecular flexibility index (Phi) is 4.22. The van der Waals surface area contributed by atoms with Crippen LogP contribution in [0, 0.1) is 18.6 Å². The molecular weight excluding hydrogens is 272 g/mol. The van der Waals surface area contributed by atoms with Gasteiger partial charge in [-0.3, -0.25) is 0 Å². The van der Waals surface area contributed by atoms with E-state index in [-0.39, 0.29) is 16.3 Å². The molecule has 102 valence electrons. The lowest BCUT2D eigenvalue weighted by Crippen LogP contribution is -2.22. The van der Waals surface area contributed by atoms with E-state index in [1.54, 1.807) is 12.1 Å². The lowest BCUT2D eigenvalue weighted by atomic mass is 10.0. The van der Waals surface area contributed by atoms with E-state index >= 15 is 0 Å². The minimum Gasteiger partial charge on any atom is -0.448 e. The topological polar surface area (TPSA) is 25.2 Å². The van der Waals surface area contributed by atoms with Crippen LogP contribution in [-0.4, -0.2) is 6.54 Å². The van der Waals surface area contributed by atoms with E-state index in [4.69, 9.17) is 16.0 Å². The highest BCUT2D eigenvalue weighted by atomic mass is 35.5. The Morgan fingerprint density at radius 2 is 2.00 bits per heavy atom. The number of hydrogen-bond donors (Lipinski definition) is 1. The largest absolute Gasteiger partial charge is 0.448 e. The number of aryl methyl sites for hydroxylation is 1. The van der Waals surface area contributed by atoms with Gasteiger partial charge in [0.15, 0.2) is 5.22 Å². The maximum Gasteiger partial charge on any atom is 0.193 e. The number of hydrogen-bond acceptors (Lipinski definition) is 2. The molecule has 0 amide bonds. The molecule has 1 unspecified atom stereocenters. The van der Waals surface area contributed by atoms with Crippen LogP contribution in [0.5, 0.6) is 0 Å². The summed E-state index contributed by atoms with van der Waals surface area (Å²) in [6.07, 6.45) is 0. The SMILES string of the molecule is CCNC(c1ccc(Cl)o1)c1cc(F)c(C)cc1F. The van der Waals surface area contributed by atoms with Crippen LogP contribution in [0.1, 0.15) is 29.9 Å². The summed E-state index contributed by atoms with van der Waals surface area (Å²) in [6.45, 7) is 3.98. The summed E-state index contributed by atoms with van der Waals surface area (Å²) in [7, 11) is 0. The number of nitrogens with one attached hydrogen (secondary N) is 1. The summed E-state index contributed by atoms with van der Waals surface area (Å²) in [5, 5.41) is 3.27. The Morgan fingerprint density at radius 1 is 1.26 bits per heavy atom. The molecule has 0 spiro atoms. The van der Waals surface area contributed by atoms with Crippen molar-refractivity contribution in [1.82, 2.24) is 5.32 Å². The summed E-state index contributed by atoms with van der Waals surface area (Å²) in [6, 6.07) is 5.03. The third kappa shape index (κ3) is 2.96. The van der Waals surface area contributed by atoms with Gasteiger partial charge in [0, 0.05) is 5.56 Å². The molecule has 0 radical (unpaired) electrons. The smallest absolute Gasteiger partial charge is 0.193 e. The van der Waals surface area contributed by atoms with Crippen LogP contribution < -0.4 is 5.32 Å². The van der Waals surface area contributed by atoms with Crippen LogP contribution in [0.2, 0.25) is 5.22 Å². The van der Waals surface area contributed by atoms with E-state index < -0.39 is 17.7 Å². The molecule has 0 aliphatic heterocycles. The van der Waals surface area contributed by atoms with Crippen LogP contribution >= 0.6 is 11.6 Å². The number of furan rings is 1. The van der Waals surface area contributed by atoms with Gasteiger partial charge in [-0.25, -0.2) is 8.78 Å². The van der Waals surface area contributed by atoms with Gasteiger partial charge in [-0.05, 0) is 54.9 Å². The van der Waals surface area contributed by atoms with E-state index in [0.29, 0.717) is 12.3 Å². The van der Waals surface area contributed by atoms with E-state index in [9.17, 15) is 8.78 Å². The van der Waals surface area contributed by atoms with Gasteiger partial charge in [0.25, 0.3) is 0 Å². The Hall–Kier alpha value is -1.39. The van der Waals surface area contributed by atoms with Crippen molar-refractivity contribution in [3.8, 4) is 0 Å². The van der Waals surface area contributed by atoms with Gasteiger partial charge < -0.3 is 9.73 Å². The predicted octanol–water partition coefficient (Wildman–Crippen LogP) is 4.22. The zero-order valence-electron chi connectivity index (χ0n) is 10.6. The van der Waals surface area contributed by atoms with Gasteiger partial charge in [0.1, 0.15) is 17.4 Å². The Morgan fingerprint density at radius 3 is 2.58 bits per heavy atom. The van der Waals surface area contributed by atoms with Crippen molar-refractivity contribution in [3.63, 3.8) is 0 Å². The highest BCUT2D eigenvalue weighted by Gasteiger charge is 2.21. The van der Waals surface area contributed by atoms with E-state index in [1.165, 1.54) is 19.1 Å². The third-order valence-electron chi connectivity index (χ3n) is 2.88. The monoisotopic (exact) mass is 285 g/mol. The van der Waals surface area contributed by atoms with Crippen LogP contribution in [0.15, 0.2) is 28.7 Å². The molecular formula is C14H14ClF2NO. The third-order valence-corrected chi connectivity index (χ3v) is 3.08. The molecule has 2 nitrogen and oxygen atoms in total. The summed E-state index contributed by atoms with van der Waals surface area (Å²) in [5.74, 6) is -0.469. The molecule has 1 aromatic heterocycles. The first-order chi connectivity index (χ1) is 9.02. The maximum absolute atomic E-state index is 14.0. The van der Waals surface area contributed by atoms with Gasteiger partial charge in [-0.15, -0.1) is 0 Å². The normalized spacial score (nSPS) is 12.7. The molecule has 0 saturated carbocycles. The molecule has 0 bridgehead atoms. The van der Waals surface area contributed by atoms with Crippen LogP contribution in [0.3, 0.4) is 0 Å². The second-order valence-corrected chi connectivity index (χ2v) is 4.63. The van der Waals surface area contributed by atoms with E-state index in [0.717, 1.165) is 0 Å². The molecule has 1 aromatic carbocycles. The van der Waals surface area contributed by atoms with Crippen LogP contribution in [0.25, 0.3) is 0 Å². The van der Waals surface area contributed by atoms with Crippen molar-refractivity contribution in [2.45, 2.75) is 19.9 Å². The molecule has 1 N–H and O–H groups in total. The fourth-order valence-corrected chi connectivity index (χ4v) is 2.09. The van der Waals surface area contributed by atoms with Gasteiger partial charge in [0.05, 0.1) is 6.04 Å². The standard InChI is InChI=1S/C14H14ClF2NO/c1-3-18-14(12-4-5-13(15)19-12)9-7-10(16)8(2)6-11(9)17/h4-7,14,18H,3H2,1-2H3. The van der Waals surface area contributed by atoms with Crippen LogP contribution in [0.4, 0.5) is 8.78 Å². The van der Waals surface area contributed by atoms with Gasteiger partial charge in [0.2, 0.25) is 0 Å². The first kappa shape index (κ1) is 14.0. The molecule has 2 aromatic rings. The van der Waals surface area contributed by atoms with Gasteiger partial charge >= 0.3 is 0 Å². The summed E-state index contributed by atoms with van der Waals surface area (Å²) in [5.41, 5.74) is 0.477. The van der Waals surface area contributed by atoms with E-state index in [2.05, 4.69) is 5.32 Å². The number of halogens is 3. The highest BCUT2D eigenvalue weighted by Crippen LogP contribution is 2.29. The average Bonchev–Trinajstić information content (AvgIpc) is 2.78. The van der Waals surface area contributed by atoms with Crippen molar-refractivity contribution in [1.29, 1.82) is 0 Å². The fourth-order valence-electron chi connectivity index (χ4n) is 1.93. The minimum absolute atomic E-state index is 0.205. The van der Waals surface area contributed by atoms with Crippen molar-refractivity contribution in [2.24, 2.45) is 0 Å². The van der Waals surface area contributed by atoms with E-state index in [1.807, 2.05) is 6.92 Å². The van der Waals surface area contributed by atoms with Gasteiger partial charge in [-0.2, -0.15) is 0 Å². The minimum atomic E-state index is -0.562. The zero-order valence-corrected chi connectivity index (χ0v) is 11.4. The van der Waals surface area contributed by atoms with Crippen molar-refractivity contribution in [2.75, 3.05) is 6.54 Å². The Balaban J connectivity index is 2.47. The molecule has 0 saturated heterocycles. The van der Waals surface area contributed by atoms with Crippen molar-refractivity contribution >= 4 is 11.6 Å². The predicted molar refractivity (Wildman–Crippen MR) is 70.3 cm³/mol.